The maximum Gasteiger partial charge on any atom is 0.306 e. The van der Waals surface area contributed by atoms with Gasteiger partial charge < -0.3 is 4.74 Å². The summed E-state index contributed by atoms with van der Waals surface area (Å²) in [5.74, 6) is 0.154. The highest BCUT2D eigenvalue weighted by molar-refractivity contribution is 14.1. The van der Waals surface area contributed by atoms with E-state index in [1.807, 2.05) is 49.4 Å². The summed E-state index contributed by atoms with van der Waals surface area (Å²) in [6.07, 6.45) is 6.86. The third kappa shape index (κ3) is 6.44. The van der Waals surface area contributed by atoms with Crippen LogP contribution in [-0.2, 0) is 16.0 Å². The number of fused-ring (bicyclic) bond motifs is 1. The standard InChI is InChI=1S/C28H31FIN3O3/c1-16-9-17(12-26(35)36-28(2,3)4)11-18(10-16)20-7-8-31-15-19(20)13-24(34)21-5-6-23(29)22-14-25(30)32-33-27(21)22/h5-8,14-18H,9-13H2,1-4H3/t16-,17+,18-/m1/s1. The Morgan fingerprint density at radius 2 is 1.92 bits per heavy atom. The van der Waals surface area contributed by atoms with Gasteiger partial charge in [-0.25, -0.2) is 4.39 Å². The molecule has 1 saturated carbocycles. The lowest BCUT2D eigenvalue weighted by Gasteiger charge is -2.34. The number of ketones is 1. The smallest absolute Gasteiger partial charge is 0.306 e. The van der Waals surface area contributed by atoms with Crippen LogP contribution < -0.4 is 0 Å². The second-order valence-corrected chi connectivity index (χ2v) is 12.0. The topological polar surface area (TPSA) is 82.0 Å². The molecule has 0 N–H and O–H groups in total. The van der Waals surface area contributed by atoms with Crippen molar-refractivity contribution in [1.29, 1.82) is 0 Å². The highest BCUT2D eigenvalue weighted by Gasteiger charge is 2.31. The van der Waals surface area contributed by atoms with Gasteiger partial charge in [0.25, 0.3) is 0 Å². The molecule has 0 unspecified atom stereocenters. The van der Waals surface area contributed by atoms with E-state index in [1.54, 1.807) is 18.5 Å². The second-order valence-electron chi connectivity index (χ2n) is 10.9. The Kier molecular flexibility index (Phi) is 8.02. The lowest BCUT2D eigenvalue weighted by molar-refractivity contribution is -0.156. The van der Waals surface area contributed by atoms with Gasteiger partial charge in [-0.2, -0.15) is 0 Å². The summed E-state index contributed by atoms with van der Waals surface area (Å²) < 4.78 is 20.5. The number of hydrogen-bond donors (Lipinski definition) is 0. The van der Waals surface area contributed by atoms with Gasteiger partial charge in [-0.15, -0.1) is 10.2 Å². The van der Waals surface area contributed by atoms with Gasteiger partial charge in [0.2, 0.25) is 0 Å². The Morgan fingerprint density at radius 3 is 2.67 bits per heavy atom. The van der Waals surface area contributed by atoms with Gasteiger partial charge in [0.1, 0.15) is 20.6 Å². The van der Waals surface area contributed by atoms with Crippen LogP contribution in [0, 0.1) is 21.4 Å². The van der Waals surface area contributed by atoms with Crippen molar-refractivity contribution in [2.24, 2.45) is 11.8 Å². The minimum absolute atomic E-state index is 0.138. The molecule has 8 heteroatoms. The van der Waals surface area contributed by atoms with Crippen molar-refractivity contribution in [2.75, 3.05) is 0 Å². The fraction of sp³-hybridized carbons (Fsp3) is 0.464. The Hall–Kier alpha value is -2.49. The molecule has 0 spiro atoms. The molecule has 1 aromatic carbocycles. The number of benzene rings is 1. The van der Waals surface area contributed by atoms with Gasteiger partial charge in [-0.3, -0.25) is 14.6 Å². The average Bonchev–Trinajstić information content (AvgIpc) is 2.78. The maximum absolute atomic E-state index is 14.4. The largest absolute Gasteiger partial charge is 0.460 e. The zero-order valence-electron chi connectivity index (χ0n) is 21.1. The first-order chi connectivity index (χ1) is 17.0. The van der Waals surface area contributed by atoms with Crippen molar-refractivity contribution < 1.29 is 18.7 Å². The van der Waals surface area contributed by atoms with E-state index >= 15 is 0 Å². The molecule has 1 aliphatic rings. The highest BCUT2D eigenvalue weighted by Crippen LogP contribution is 2.42. The Labute approximate surface area is 224 Å². The molecule has 0 amide bonds. The van der Waals surface area contributed by atoms with Crippen LogP contribution in [0.3, 0.4) is 0 Å². The van der Waals surface area contributed by atoms with Crippen molar-refractivity contribution in [3.63, 3.8) is 0 Å². The SMILES string of the molecule is C[C@@H]1C[C@H](CC(=O)OC(C)(C)C)C[C@H](c2ccncc2CC(=O)c2ccc(F)c3cc(I)nnc23)C1. The summed E-state index contributed by atoms with van der Waals surface area (Å²) in [5.41, 5.74) is 2.07. The minimum Gasteiger partial charge on any atom is -0.460 e. The molecule has 3 aromatic rings. The predicted octanol–water partition coefficient (Wildman–Crippen LogP) is 6.45. The van der Waals surface area contributed by atoms with Gasteiger partial charge in [-0.05, 0) is 116 Å². The number of aromatic nitrogens is 3. The van der Waals surface area contributed by atoms with E-state index in [0.29, 0.717) is 21.6 Å². The fourth-order valence-corrected chi connectivity index (χ4v) is 5.76. The van der Waals surface area contributed by atoms with Crippen LogP contribution in [0.4, 0.5) is 4.39 Å². The maximum atomic E-state index is 14.4. The lowest BCUT2D eigenvalue weighted by atomic mass is 9.71. The van der Waals surface area contributed by atoms with E-state index in [-0.39, 0.29) is 40.9 Å². The van der Waals surface area contributed by atoms with Crippen molar-refractivity contribution >= 4 is 45.2 Å². The summed E-state index contributed by atoms with van der Waals surface area (Å²) in [6.45, 7) is 7.86. The number of Topliss-reactive ketones (excluding diaryl/α,β-unsaturated/α-hetero) is 1. The van der Waals surface area contributed by atoms with Crippen LogP contribution in [-0.4, -0.2) is 32.5 Å². The van der Waals surface area contributed by atoms with Crippen LogP contribution in [0.15, 0.2) is 36.7 Å². The van der Waals surface area contributed by atoms with E-state index in [9.17, 15) is 14.0 Å². The first-order valence-corrected chi connectivity index (χ1v) is 13.4. The van der Waals surface area contributed by atoms with Crippen LogP contribution in [0.25, 0.3) is 10.9 Å². The van der Waals surface area contributed by atoms with Gasteiger partial charge in [0, 0.05) is 36.2 Å². The Bertz CT molecular complexity index is 1290. The van der Waals surface area contributed by atoms with Crippen molar-refractivity contribution in [3.05, 3.63) is 62.9 Å². The quantitative estimate of drug-likeness (QED) is 0.183. The highest BCUT2D eigenvalue weighted by atomic mass is 127. The van der Waals surface area contributed by atoms with E-state index < -0.39 is 11.4 Å². The van der Waals surface area contributed by atoms with Gasteiger partial charge in [0.15, 0.2) is 5.78 Å². The number of carbonyl (C=O) groups excluding carboxylic acids is 2. The number of nitrogens with zero attached hydrogens (tertiary/aromatic N) is 3. The number of rotatable bonds is 6. The van der Waals surface area contributed by atoms with Crippen molar-refractivity contribution in [1.82, 2.24) is 15.2 Å². The molecule has 0 aliphatic heterocycles. The minimum atomic E-state index is -0.497. The zero-order valence-corrected chi connectivity index (χ0v) is 23.2. The number of hydrogen-bond acceptors (Lipinski definition) is 6. The first kappa shape index (κ1) is 26.6. The summed E-state index contributed by atoms with van der Waals surface area (Å²) in [4.78, 5) is 30.2. The van der Waals surface area contributed by atoms with E-state index in [4.69, 9.17) is 4.74 Å². The van der Waals surface area contributed by atoms with Crippen molar-refractivity contribution in [3.8, 4) is 0 Å². The molecule has 6 nitrogen and oxygen atoms in total. The second kappa shape index (κ2) is 10.9. The first-order valence-electron chi connectivity index (χ1n) is 12.3. The third-order valence-electron chi connectivity index (χ3n) is 6.62. The van der Waals surface area contributed by atoms with Gasteiger partial charge in [0.05, 0.1) is 0 Å². The Balaban J connectivity index is 1.56. The average molecular weight is 603 g/mol. The monoisotopic (exact) mass is 603 g/mol. The Morgan fingerprint density at radius 1 is 1.14 bits per heavy atom. The number of halogens is 2. The molecular formula is C28H31FIN3O3. The number of carbonyl (C=O) groups is 2. The van der Waals surface area contributed by atoms with E-state index in [1.165, 1.54) is 12.1 Å². The molecule has 4 rings (SSSR count). The van der Waals surface area contributed by atoms with Crippen LogP contribution >= 0.6 is 22.6 Å². The summed E-state index contributed by atoms with van der Waals surface area (Å²) in [7, 11) is 0. The molecule has 3 atom stereocenters. The van der Waals surface area contributed by atoms with Crippen LogP contribution in [0.5, 0.6) is 0 Å². The number of ether oxygens (including phenoxy) is 1. The molecule has 2 aromatic heterocycles. The van der Waals surface area contributed by atoms with Crippen LogP contribution in [0.1, 0.15) is 80.8 Å². The molecule has 0 saturated heterocycles. The molecule has 2 heterocycles. The molecule has 0 bridgehead atoms. The molecule has 0 radical (unpaired) electrons. The number of esters is 1. The molecule has 190 valence electrons. The normalized spacial score (nSPS) is 20.3. The summed E-state index contributed by atoms with van der Waals surface area (Å²) in [5, 5.41) is 8.42. The van der Waals surface area contributed by atoms with Crippen molar-refractivity contribution in [2.45, 2.75) is 71.3 Å². The lowest BCUT2D eigenvalue weighted by Crippen LogP contribution is -2.28. The fourth-order valence-electron chi connectivity index (χ4n) is 5.34. The summed E-state index contributed by atoms with van der Waals surface area (Å²) in [6, 6.07) is 6.37. The molecule has 36 heavy (non-hydrogen) atoms. The van der Waals surface area contributed by atoms with E-state index in [2.05, 4.69) is 22.1 Å². The third-order valence-corrected chi connectivity index (χ3v) is 7.15. The zero-order chi connectivity index (χ0) is 26.0. The molecule has 1 fully saturated rings. The van der Waals surface area contributed by atoms with Gasteiger partial charge >= 0.3 is 5.97 Å². The summed E-state index contributed by atoms with van der Waals surface area (Å²) >= 11 is 1.98. The van der Waals surface area contributed by atoms with E-state index in [0.717, 1.165) is 30.4 Å². The van der Waals surface area contributed by atoms with Crippen LogP contribution in [0.2, 0.25) is 0 Å². The number of pyridine rings is 1. The predicted molar refractivity (Wildman–Crippen MR) is 144 cm³/mol. The molecular weight excluding hydrogens is 572 g/mol. The molecule has 1 aliphatic carbocycles. The van der Waals surface area contributed by atoms with Gasteiger partial charge in [-0.1, -0.05) is 6.92 Å².